The topological polar surface area (TPSA) is 46.0 Å². The summed E-state index contributed by atoms with van der Waals surface area (Å²) in [5, 5.41) is 8.08. The molecule has 23 heavy (non-hydrogen) atoms. The molecule has 1 N–H and O–H groups in total. The van der Waals surface area contributed by atoms with Gasteiger partial charge in [0.05, 0.1) is 5.69 Å². The third kappa shape index (κ3) is 3.91. The van der Waals surface area contributed by atoms with Crippen LogP contribution in [0, 0.1) is 13.8 Å². The van der Waals surface area contributed by atoms with Gasteiger partial charge in [0.1, 0.15) is 0 Å². The van der Waals surface area contributed by atoms with Crippen molar-refractivity contribution in [3.05, 3.63) is 41.3 Å². The zero-order chi connectivity index (χ0) is 15.5. The molecule has 0 aromatic carbocycles. The van der Waals surface area contributed by atoms with E-state index in [1.54, 1.807) is 0 Å². The zero-order valence-corrected chi connectivity index (χ0v) is 14.9. The first-order valence-electron chi connectivity index (χ1n) is 8.05. The van der Waals surface area contributed by atoms with Crippen molar-refractivity contribution >= 4 is 12.4 Å². The average molecular weight is 336 g/mol. The Morgan fingerprint density at radius 3 is 2.57 bits per heavy atom. The first-order chi connectivity index (χ1) is 10.7. The van der Waals surface area contributed by atoms with Gasteiger partial charge in [-0.05, 0) is 59.0 Å². The smallest absolute Gasteiger partial charge is 0.153 e. The number of likely N-dealkylation sites (tertiary alicyclic amines) is 1. The van der Waals surface area contributed by atoms with Gasteiger partial charge in [-0.1, -0.05) is 6.07 Å². The summed E-state index contributed by atoms with van der Waals surface area (Å²) in [5.41, 5.74) is 3.65. The van der Waals surface area contributed by atoms with Crippen LogP contribution in [0.15, 0.2) is 24.4 Å². The van der Waals surface area contributed by atoms with Crippen LogP contribution in [0.2, 0.25) is 0 Å². The van der Waals surface area contributed by atoms with E-state index in [1.165, 1.54) is 24.1 Å². The summed E-state index contributed by atoms with van der Waals surface area (Å²) in [6, 6.07) is 6.61. The average Bonchev–Trinajstić information content (AvgIpc) is 2.84. The van der Waals surface area contributed by atoms with Gasteiger partial charge in [-0.2, -0.15) is 5.10 Å². The van der Waals surface area contributed by atoms with Gasteiger partial charge in [-0.25, -0.2) is 9.67 Å². The van der Waals surface area contributed by atoms with Crippen molar-refractivity contribution in [1.82, 2.24) is 25.0 Å². The Kier molecular flexibility index (Phi) is 6.16. The monoisotopic (exact) mass is 335 g/mol. The molecular weight excluding hydrogens is 310 g/mol. The lowest BCUT2D eigenvalue weighted by atomic mass is 10.0. The molecule has 0 saturated carbocycles. The number of hydrogen-bond acceptors (Lipinski definition) is 4. The first kappa shape index (κ1) is 17.9. The van der Waals surface area contributed by atoms with E-state index in [0.717, 1.165) is 31.1 Å². The lowest BCUT2D eigenvalue weighted by Crippen LogP contribution is -2.40. The van der Waals surface area contributed by atoms with E-state index in [4.69, 9.17) is 5.10 Å². The van der Waals surface area contributed by atoms with E-state index in [0.29, 0.717) is 6.04 Å². The molecule has 0 aliphatic carbocycles. The van der Waals surface area contributed by atoms with Crippen LogP contribution in [-0.4, -0.2) is 45.8 Å². The van der Waals surface area contributed by atoms with Crippen LogP contribution < -0.4 is 5.32 Å². The molecule has 2 aromatic rings. The SMILES string of the molecule is CNC1CCN(Cc2c(C)nn(-c3ccccn3)c2C)CC1.Cl. The second-order valence-electron chi connectivity index (χ2n) is 6.09. The molecular formula is C17H26ClN5. The van der Waals surface area contributed by atoms with Crippen molar-refractivity contribution in [3.8, 4) is 5.82 Å². The Bertz CT molecular complexity index is 617. The van der Waals surface area contributed by atoms with Crippen LogP contribution in [0.1, 0.15) is 29.8 Å². The molecule has 0 amide bonds. The van der Waals surface area contributed by atoms with Crippen molar-refractivity contribution in [3.63, 3.8) is 0 Å². The quantitative estimate of drug-likeness (QED) is 0.932. The minimum atomic E-state index is 0. The lowest BCUT2D eigenvalue weighted by molar-refractivity contribution is 0.194. The molecule has 1 aliphatic heterocycles. The van der Waals surface area contributed by atoms with Crippen LogP contribution in [0.25, 0.3) is 5.82 Å². The molecule has 3 rings (SSSR count). The second-order valence-corrected chi connectivity index (χ2v) is 6.09. The summed E-state index contributed by atoms with van der Waals surface area (Å²) in [4.78, 5) is 6.95. The summed E-state index contributed by atoms with van der Waals surface area (Å²) in [7, 11) is 2.06. The van der Waals surface area contributed by atoms with Crippen molar-refractivity contribution in [1.29, 1.82) is 0 Å². The third-order valence-electron chi connectivity index (χ3n) is 4.69. The Balaban J connectivity index is 0.00000192. The molecule has 0 unspecified atom stereocenters. The molecule has 0 bridgehead atoms. The van der Waals surface area contributed by atoms with Gasteiger partial charge in [0.2, 0.25) is 0 Å². The molecule has 2 aromatic heterocycles. The number of rotatable bonds is 4. The maximum atomic E-state index is 4.69. The summed E-state index contributed by atoms with van der Waals surface area (Å²) in [5.74, 6) is 0.892. The van der Waals surface area contributed by atoms with Crippen molar-refractivity contribution < 1.29 is 0 Å². The molecule has 1 fully saturated rings. The lowest BCUT2D eigenvalue weighted by Gasteiger charge is -2.31. The summed E-state index contributed by atoms with van der Waals surface area (Å²) in [6.07, 6.45) is 4.26. The number of nitrogens with one attached hydrogen (secondary N) is 1. The zero-order valence-electron chi connectivity index (χ0n) is 14.1. The van der Waals surface area contributed by atoms with Crippen LogP contribution in [0.3, 0.4) is 0 Å². The Morgan fingerprint density at radius 1 is 1.22 bits per heavy atom. The highest BCUT2D eigenvalue weighted by molar-refractivity contribution is 5.85. The van der Waals surface area contributed by atoms with E-state index < -0.39 is 0 Å². The summed E-state index contributed by atoms with van der Waals surface area (Å²) < 4.78 is 1.96. The van der Waals surface area contributed by atoms with E-state index >= 15 is 0 Å². The molecule has 0 radical (unpaired) electrons. The molecule has 5 nitrogen and oxygen atoms in total. The van der Waals surface area contributed by atoms with E-state index in [2.05, 4.69) is 36.1 Å². The van der Waals surface area contributed by atoms with Crippen molar-refractivity contribution in [2.45, 2.75) is 39.3 Å². The molecule has 3 heterocycles. The number of halogens is 1. The normalized spacial score (nSPS) is 16.3. The number of pyridine rings is 1. The molecule has 0 atom stereocenters. The largest absolute Gasteiger partial charge is 0.317 e. The molecule has 6 heteroatoms. The van der Waals surface area contributed by atoms with Crippen LogP contribution in [0.4, 0.5) is 0 Å². The summed E-state index contributed by atoms with van der Waals surface area (Å²) in [6.45, 7) is 7.53. The second kappa shape index (κ2) is 7.90. The maximum absolute atomic E-state index is 4.69. The minimum Gasteiger partial charge on any atom is -0.317 e. The van der Waals surface area contributed by atoms with Crippen LogP contribution in [0.5, 0.6) is 0 Å². The fourth-order valence-corrected chi connectivity index (χ4v) is 3.21. The predicted octanol–water partition coefficient (Wildman–Crippen LogP) is 2.49. The van der Waals surface area contributed by atoms with E-state index in [9.17, 15) is 0 Å². The number of hydrogen-bond donors (Lipinski definition) is 1. The molecule has 1 aliphatic rings. The Morgan fingerprint density at radius 2 is 1.96 bits per heavy atom. The van der Waals surface area contributed by atoms with E-state index in [1.807, 2.05) is 29.1 Å². The highest BCUT2D eigenvalue weighted by atomic mass is 35.5. The van der Waals surface area contributed by atoms with Crippen LogP contribution in [-0.2, 0) is 6.54 Å². The number of aromatic nitrogens is 3. The highest BCUT2D eigenvalue weighted by Crippen LogP contribution is 2.20. The molecule has 1 saturated heterocycles. The number of aryl methyl sites for hydroxylation is 1. The molecule has 126 valence electrons. The summed E-state index contributed by atoms with van der Waals surface area (Å²) >= 11 is 0. The Hall–Kier alpha value is -1.43. The van der Waals surface area contributed by atoms with Gasteiger partial charge in [0.15, 0.2) is 5.82 Å². The van der Waals surface area contributed by atoms with Crippen LogP contribution >= 0.6 is 12.4 Å². The van der Waals surface area contributed by atoms with Gasteiger partial charge in [0, 0.05) is 30.0 Å². The van der Waals surface area contributed by atoms with Gasteiger partial charge in [-0.3, -0.25) is 4.90 Å². The van der Waals surface area contributed by atoms with Gasteiger partial charge in [0.25, 0.3) is 0 Å². The molecule has 0 spiro atoms. The van der Waals surface area contributed by atoms with Gasteiger partial charge >= 0.3 is 0 Å². The predicted molar refractivity (Wildman–Crippen MR) is 95.4 cm³/mol. The maximum Gasteiger partial charge on any atom is 0.153 e. The number of piperidine rings is 1. The fraction of sp³-hybridized carbons (Fsp3) is 0.529. The first-order valence-corrected chi connectivity index (χ1v) is 8.05. The Labute approximate surface area is 144 Å². The number of nitrogens with zero attached hydrogens (tertiary/aromatic N) is 4. The highest BCUT2D eigenvalue weighted by Gasteiger charge is 2.21. The standard InChI is InChI=1S/C17H25N5.ClH/c1-13-16(12-21-10-7-15(18-3)8-11-21)14(2)22(20-13)17-6-4-5-9-19-17;/h4-6,9,15,18H,7-8,10-12H2,1-3H3;1H. The fourth-order valence-electron chi connectivity index (χ4n) is 3.21. The van der Waals surface area contributed by atoms with Gasteiger partial charge in [-0.15, -0.1) is 12.4 Å². The van der Waals surface area contributed by atoms with E-state index in [-0.39, 0.29) is 12.4 Å². The van der Waals surface area contributed by atoms with Crippen molar-refractivity contribution in [2.24, 2.45) is 0 Å². The van der Waals surface area contributed by atoms with Gasteiger partial charge < -0.3 is 5.32 Å². The van der Waals surface area contributed by atoms with Crippen molar-refractivity contribution in [2.75, 3.05) is 20.1 Å². The minimum absolute atomic E-state index is 0. The third-order valence-corrected chi connectivity index (χ3v) is 4.69.